The maximum atomic E-state index is 12.6. The average Bonchev–Trinajstić information content (AvgIpc) is 3.11. The largest absolute Gasteiger partial charge is 0.492 e. The number of amides is 1. The van der Waals surface area contributed by atoms with E-state index >= 15 is 0 Å². The van der Waals surface area contributed by atoms with Crippen molar-refractivity contribution in [1.29, 1.82) is 0 Å². The van der Waals surface area contributed by atoms with Crippen molar-refractivity contribution in [3.05, 3.63) is 56.5 Å². The van der Waals surface area contributed by atoms with Crippen LogP contribution in [0.15, 0.2) is 45.3 Å². The van der Waals surface area contributed by atoms with Crippen LogP contribution in [0.1, 0.15) is 13.8 Å². The van der Waals surface area contributed by atoms with E-state index in [2.05, 4.69) is 5.32 Å². The number of fused-ring (bicyclic) bond motifs is 1. The Morgan fingerprint density at radius 3 is 2.65 bits per heavy atom. The molecule has 0 atom stereocenters. The number of nitrogens with one attached hydrogen (secondary N) is 1. The highest BCUT2D eigenvalue weighted by atomic mass is 32.1. The molecule has 0 aliphatic carbocycles. The van der Waals surface area contributed by atoms with Gasteiger partial charge in [0.25, 0.3) is 5.56 Å². The summed E-state index contributed by atoms with van der Waals surface area (Å²) < 4.78 is 8.43. The number of nitrogens with zero attached hydrogens (tertiary/aromatic N) is 2. The van der Waals surface area contributed by atoms with Crippen LogP contribution in [-0.4, -0.2) is 21.6 Å². The molecule has 1 amide bonds. The maximum absolute atomic E-state index is 12.6. The standard InChI is InChI=1S/C18H19N3O4S/c1-3-20-17(23)16-13(9-10-26-16)21(18(20)24)11-15(22)19-12-7-5-6-8-14(12)25-4-2/h5-10H,3-4,11H2,1-2H3,(H,19,22). The van der Waals surface area contributed by atoms with E-state index in [-0.39, 0.29) is 24.6 Å². The van der Waals surface area contributed by atoms with Crippen LogP contribution < -0.4 is 21.3 Å². The van der Waals surface area contributed by atoms with E-state index in [4.69, 9.17) is 4.74 Å². The first-order valence-corrected chi connectivity index (χ1v) is 9.17. The van der Waals surface area contributed by atoms with Gasteiger partial charge in [-0.05, 0) is 37.4 Å². The lowest BCUT2D eigenvalue weighted by Gasteiger charge is -2.13. The molecule has 8 heteroatoms. The molecule has 26 heavy (non-hydrogen) atoms. The zero-order chi connectivity index (χ0) is 18.7. The lowest BCUT2D eigenvalue weighted by molar-refractivity contribution is -0.116. The van der Waals surface area contributed by atoms with Crippen molar-refractivity contribution in [2.45, 2.75) is 26.9 Å². The van der Waals surface area contributed by atoms with Gasteiger partial charge in [-0.15, -0.1) is 11.3 Å². The Balaban J connectivity index is 1.95. The molecular formula is C18H19N3O4S. The molecule has 0 fully saturated rings. The van der Waals surface area contributed by atoms with Crippen LogP contribution in [-0.2, 0) is 17.9 Å². The van der Waals surface area contributed by atoms with E-state index in [1.54, 1.807) is 36.6 Å². The summed E-state index contributed by atoms with van der Waals surface area (Å²) in [4.78, 5) is 37.5. The summed E-state index contributed by atoms with van der Waals surface area (Å²) >= 11 is 1.26. The van der Waals surface area contributed by atoms with Crippen molar-refractivity contribution < 1.29 is 9.53 Å². The van der Waals surface area contributed by atoms with Gasteiger partial charge < -0.3 is 10.1 Å². The number of hydrogen-bond donors (Lipinski definition) is 1. The van der Waals surface area contributed by atoms with E-state index in [9.17, 15) is 14.4 Å². The zero-order valence-electron chi connectivity index (χ0n) is 14.5. The van der Waals surface area contributed by atoms with Gasteiger partial charge in [-0.2, -0.15) is 0 Å². The molecule has 0 aliphatic rings. The number of hydrogen-bond acceptors (Lipinski definition) is 5. The van der Waals surface area contributed by atoms with Crippen LogP contribution in [0.3, 0.4) is 0 Å². The predicted octanol–water partition coefficient (Wildman–Crippen LogP) is 2.28. The Hall–Kier alpha value is -2.87. The number of thiophene rings is 1. The van der Waals surface area contributed by atoms with Gasteiger partial charge in [-0.3, -0.25) is 18.7 Å². The quantitative estimate of drug-likeness (QED) is 0.719. The number of carbonyl (C=O) groups is 1. The van der Waals surface area contributed by atoms with Crippen LogP contribution >= 0.6 is 11.3 Å². The fraction of sp³-hybridized carbons (Fsp3) is 0.278. The Morgan fingerprint density at radius 1 is 1.15 bits per heavy atom. The molecule has 0 saturated heterocycles. The van der Waals surface area contributed by atoms with Gasteiger partial charge in [0.2, 0.25) is 5.91 Å². The first-order chi connectivity index (χ1) is 12.6. The molecule has 0 saturated carbocycles. The monoisotopic (exact) mass is 373 g/mol. The number of benzene rings is 1. The summed E-state index contributed by atoms with van der Waals surface area (Å²) in [6, 6.07) is 8.79. The van der Waals surface area contributed by atoms with Crippen LogP contribution in [0, 0.1) is 0 Å². The van der Waals surface area contributed by atoms with Crippen molar-refractivity contribution >= 4 is 33.1 Å². The van der Waals surface area contributed by atoms with Crippen molar-refractivity contribution in [2.75, 3.05) is 11.9 Å². The number of aromatic nitrogens is 2. The Morgan fingerprint density at radius 2 is 1.92 bits per heavy atom. The molecule has 0 aliphatic heterocycles. The van der Waals surface area contributed by atoms with Gasteiger partial charge >= 0.3 is 5.69 Å². The fourth-order valence-corrected chi connectivity index (χ4v) is 3.59. The summed E-state index contributed by atoms with van der Waals surface area (Å²) in [6.07, 6.45) is 0. The Bertz CT molecular complexity index is 1060. The van der Waals surface area contributed by atoms with Crippen molar-refractivity contribution in [1.82, 2.24) is 9.13 Å². The fourth-order valence-electron chi connectivity index (χ4n) is 2.75. The second-order valence-corrected chi connectivity index (χ2v) is 6.45. The van der Waals surface area contributed by atoms with Crippen LogP contribution in [0.2, 0.25) is 0 Å². The topological polar surface area (TPSA) is 82.3 Å². The van der Waals surface area contributed by atoms with Gasteiger partial charge in [-0.1, -0.05) is 12.1 Å². The molecule has 2 heterocycles. The summed E-state index contributed by atoms with van der Waals surface area (Å²) in [5.41, 5.74) is 0.207. The Labute approximate surface area is 153 Å². The van der Waals surface area contributed by atoms with E-state index in [0.717, 1.165) is 4.57 Å². The van der Waals surface area contributed by atoms with E-state index in [1.807, 2.05) is 13.0 Å². The lowest BCUT2D eigenvalue weighted by Crippen LogP contribution is -2.40. The molecule has 3 rings (SSSR count). The average molecular weight is 373 g/mol. The number of carbonyl (C=O) groups excluding carboxylic acids is 1. The summed E-state index contributed by atoms with van der Waals surface area (Å²) in [5, 5.41) is 4.51. The molecule has 0 unspecified atom stereocenters. The van der Waals surface area contributed by atoms with Crippen LogP contribution in [0.5, 0.6) is 5.75 Å². The molecule has 0 bridgehead atoms. The van der Waals surface area contributed by atoms with E-state index in [0.29, 0.717) is 28.3 Å². The van der Waals surface area contributed by atoms with Crippen LogP contribution in [0.4, 0.5) is 5.69 Å². The van der Waals surface area contributed by atoms with Crippen LogP contribution in [0.25, 0.3) is 10.2 Å². The van der Waals surface area contributed by atoms with Crippen molar-refractivity contribution in [3.63, 3.8) is 0 Å². The molecule has 1 aromatic carbocycles. The minimum Gasteiger partial charge on any atom is -0.492 e. The summed E-state index contributed by atoms with van der Waals surface area (Å²) in [5.74, 6) is 0.197. The second kappa shape index (κ2) is 7.57. The van der Waals surface area contributed by atoms with Gasteiger partial charge in [0.15, 0.2) is 0 Å². The lowest BCUT2D eigenvalue weighted by atomic mass is 10.3. The molecule has 0 spiro atoms. The van der Waals surface area contributed by atoms with Crippen molar-refractivity contribution in [2.24, 2.45) is 0 Å². The number of anilines is 1. The first kappa shape index (κ1) is 17.9. The third-order valence-corrected chi connectivity index (χ3v) is 4.81. The first-order valence-electron chi connectivity index (χ1n) is 8.29. The summed E-state index contributed by atoms with van der Waals surface area (Å²) in [6.45, 7) is 4.13. The highest BCUT2D eigenvalue weighted by Crippen LogP contribution is 2.23. The molecule has 0 radical (unpaired) electrons. The minimum absolute atomic E-state index is 0.188. The third-order valence-electron chi connectivity index (χ3n) is 3.92. The minimum atomic E-state index is -0.489. The van der Waals surface area contributed by atoms with Gasteiger partial charge in [0.05, 0.1) is 17.8 Å². The predicted molar refractivity (Wildman–Crippen MR) is 102 cm³/mol. The highest BCUT2D eigenvalue weighted by molar-refractivity contribution is 7.17. The molecule has 3 aromatic rings. The molecule has 136 valence electrons. The molecule has 1 N–H and O–H groups in total. The second-order valence-electron chi connectivity index (χ2n) is 5.53. The molecule has 2 aromatic heterocycles. The van der Waals surface area contributed by atoms with E-state index in [1.165, 1.54) is 15.9 Å². The smallest absolute Gasteiger partial charge is 0.331 e. The van der Waals surface area contributed by atoms with Crippen molar-refractivity contribution in [3.8, 4) is 5.75 Å². The number of rotatable bonds is 6. The SMILES string of the molecule is CCOc1ccccc1NC(=O)Cn1c(=O)n(CC)c(=O)c2sccc21. The van der Waals surface area contributed by atoms with Gasteiger partial charge in [0, 0.05) is 6.54 Å². The van der Waals surface area contributed by atoms with Gasteiger partial charge in [0.1, 0.15) is 17.0 Å². The zero-order valence-corrected chi connectivity index (χ0v) is 15.3. The maximum Gasteiger partial charge on any atom is 0.331 e. The summed E-state index contributed by atoms with van der Waals surface area (Å²) in [7, 11) is 0. The number of para-hydroxylation sites is 2. The normalized spacial score (nSPS) is 10.8. The third kappa shape index (κ3) is 3.28. The van der Waals surface area contributed by atoms with E-state index < -0.39 is 5.69 Å². The molecule has 7 nitrogen and oxygen atoms in total. The highest BCUT2D eigenvalue weighted by Gasteiger charge is 2.16. The molecular weight excluding hydrogens is 354 g/mol. The number of ether oxygens (including phenoxy) is 1. The Kier molecular flexibility index (Phi) is 5.22. The van der Waals surface area contributed by atoms with Gasteiger partial charge in [-0.25, -0.2) is 4.79 Å².